The third-order valence-electron chi connectivity index (χ3n) is 3.56. The largest absolute Gasteiger partial charge is 0.491 e. The van der Waals surface area contributed by atoms with Crippen LogP contribution in [0.15, 0.2) is 24.3 Å². The van der Waals surface area contributed by atoms with Gasteiger partial charge in [-0.25, -0.2) is 0 Å². The van der Waals surface area contributed by atoms with Crippen LogP contribution in [0.4, 0.5) is 0 Å². The number of carboxylic acids is 1. The standard InChI is InChI=1S/C16H23NO3/c1-3-4-12-5-9-14(10-6-12)20-11-16(2,15(18)19)17-13-7-8-13/h5-6,9-10,13,17H,3-4,7-8,11H2,1-2H3,(H,18,19). The van der Waals surface area contributed by atoms with Crippen molar-refractivity contribution in [3.8, 4) is 5.75 Å². The third-order valence-corrected chi connectivity index (χ3v) is 3.56. The molecule has 0 aromatic heterocycles. The van der Waals surface area contributed by atoms with Gasteiger partial charge in [0.1, 0.15) is 17.9 Å². The van der Waals surface area contributed by atoms with E-state index in [0.29, 0.717) is 6.04 Å². The highest BCUT2D eigenvalue weighted by atomic mass is 16.5. The van der Waals surface area contributed by atoms with Crippen LogP contribution in [0.1, 0.15) is 38.7 Å². The Morgan fingerprint density at radius 2 is 2.05 bits per heavy atom. The summed E-state index contributed by atoms with van der Waals surface area (Å²) in [4.78, 5) is 11.4. The van der Waals surface area contributed by atoms with Crippen LogP contribution in [-0.4, -0.2) is 29.3 Å². The molecule has 1 aliphatic rings. The molecule has 1 fully saturated rings. The Labute approximate surface area is 120 Å². The molecule has 110 valence electrons. The minimum absolute atomic E-state index is 0.131. The van der Waals surface area contributed by atoms with E-state index in [0.717, 1.165) is 31.4 Å². The summed E-state index contributed by atoms with van der Waals surface area (Å²) in [6.07, 6.45) is 4.27. The monoisotopic (exact) mass is 277 g/mol. The maximum Gasteiger partial charge on any atom is 0.327 e. The summed E-state index contributed by atoms with van der Waals surface area (Å²) in [5.74, 6) is -0.151. The number of aryl methyl sites for hydroxylation is 1. The number of aliphatic carboxylic acids is 1. The van der Waals surface area contributed by atoms with E-state index in [1.165, 1.54) is 5.56 Å². The average Bonchev–Trinajstić information content (AvgIpc) is 3.22. The number of carboxylic acid groups (broad SMARTS) is 1. The summed E-state index contributed by atoms with van der Waals surface area (Å²) in [5, 5.41) is 12.5. The quantitative estimate of drug-likeness (QED) is 0.767. The van der Waals surface area contributed by atoms with Gasteiger partial charge in [0.25, 0.3) is 0 Å². The molecule has 1 aliphatic carbocycles. The Morgan fingerprint density at radius 3 is 2.55 bits per heavy atom. The third kappa shape index (κ3) is 3.97. The highest BCUT2D eigenvalue weighted by molar-refractivity contribution is 5.78. The topological polar surface area (TPSA) is 58.6 Å². The van der Waals surface area contributed by atoms with Gasteiger partial charge in [0.15, 0.2) is 0 Å². The van der Waals surface area contributed by atoms with Crippen molar-refractivity contribution in [3.63, 3.8) is 0 Å². The van der Waals surface area contributed by atoms with Crippen LogP contribution in [0.25, 0.3) is 0 Å². The molecule has 0 amide bonds. The normalized spacial score (nSPS) is 17.5. The maximum atomic E-state index is 11.4. The summed E-state index contributed by atoms with van der Waals surface area (Å²) < 4.78 is 5.65. The molecule has 1 atom stereocenters. The number of rotatable bonds is 8. The Hall–Kier alpha value is -1.55. The van der Waals surface area contributed by atoms with Crippen LogP contribution in [0.5, 0.6) is 5.75 Å². The zero-order valence-corrected chi connectivity index (χ0v) is 12.2. The number of benzene rings is 1. The van der Waals surface area contributed by atoms with Crippen LogP contribution in [-0.2, 0) is 11.2 Å². The van der Waals surface area contributed by atoms with Crippen LogP contribution in [0, 0.1) is 0 Å². The molecule has 1 aromatic rings. The van der Waals surface area contributed by atoms with Gasteiger partial charge in [-0.3, -0.25) is 10.1 Å². The van der Waals surface area contributed by atoms with Crippen LogP contribution in [0.3, 0.4) is 0 Å². The first-order valence-electron chi connectivity index (χ1n) is 7.26. The Morgan fingerprint density at radius 1 is 1.40 bits per heavy atom. The highest BCUT2D eigenvalue weighted by Crippen LogP contribution is 2.23. The Bertz CT molecular complexity index is 453. The van der Waals surface area contributed by atoms with Gasteiger partial charge >= 0.3 is 5.97 Å². The Balaban J connectivity index is 1.92. The van der Waals surface area contributed by atoms with E-state index >= 15 is 0 Å². The predicted octanol–water partition coefficient (Wildman–Crippen LogP) is 2.61. The van der Waals surface area contributed by atoms with E-state index in [9.17, 15) is 9.90 Å². The second kappa shape index (κ2) is 6.27. The van der Waals surface area contributed by atoms with E-state index in [1.54, 1.807) is 6.92 Å². The molecular formula is C16H23NO3. The van der Waals surface area contributed by atoms with Crippen LogP contribution in [0.2, 0.25) is 0 Å². The second-order valence-electron chi connectivity index (χ2n) is 5.74. The number of hydrogen-bond donors (Lipinski definition) is 2. The SMILES string of the molecule is CCCc1ccc(OCC(C)(NC2CC2)C(=O)O)cc1. The minimum atomic E-state index is -1.02. The first kappa shape index (κ1) is 14.9. The Kier molecular flexibility index (Phi) is 4.65. The van der Waals surface area contributed by atoms with Crippen molar-refractivity contribution in [3.05, 3.63) is 29.8 Å². The highest BCUT2D eigenvalue weighted by Gasteiger charge is 2.39. The molecule has 0 aliphatic heterocycles. The average molecular weight is 277 g/mol. The number of nitrogens with one attached hydrogen (secondary N) is 1. The fourth-order valence-electron chi connectivity index (χ4n) is 2.11. The molecule has 1 aromatic carbocycles. The van der Waals surface area contributed by atoms with E-state index in [-0.39, 0.29) is 6.61 Å². The van der Waals surface area contributed by atoms with E-state index in [2.05, 4.69) is 12.2 Å². The van der Waals surface area contributed by atoms with Gasteiger partial charge in [-0.2, -0.15) is 0 Å². The van der Waals surface area contributed by atoms with Crippen molar-refractivity contribution in [2.45, 2.75) is 51.1 Å². The van der Waals surface area contributed by atoms with Gasteiger partial charge in [0.2, 0.25) is 0 Å². The van der Waals surface area contributed by atoms with Crippen molar-refractivity contribution >= 4 is 5.97 Å². The molecule has 2 rings (SSSR count). The van der Waals surface area contributed by atoms with Crippen molar-refractivity contribution in [1.82, 2.24) is 5.32 Å². The zero-order chi connectivity index (χ0) is 14.6. The molecule has 4 nitrogen and oxygen atoms in total. The minimum Gasteiger partial charge on any atom is -0.491 e. The summed E-state index contributed by atoms with van der Waals surface area (Å²) >= 11 is 0. The van der Waals surface area contributed by atoms with E-state index < -0.39 is 11.5 Å². The summed E-state index contributed by atoms with van der Waals surface area (Å²) in [5.41, 5.74) is 0.250. The first-order valence-corrected chi connectivity index (χ1v) is 7.26. The van der Waals surface area contributed by atoms with Crippen molar-refractivity contribution in [1.29, 1.82) is 0 Å². The van der Waals surface area contributed by atoms with Gasteiger partial charge in [0.05, 0.1) is 0 Å². The molecule has 20 heavy (non-hydrogen) atoms. The second-order valence-corrected chi connectivity index (χ2v) is 5.74. The molecule has 1 saturated carbocycles. The lowest BCUT2D eigenvalue weighted by Gasteiger charge is -2.26. The summed E-state index contributed by atoms with van der Waals surface area (Å²) in [6.45, 7) is 3.96. The molecule has 0 bridgehead atoms. The van der Waals surface area contributed by atoms with Gasteiger partial charge in [-0.15, -0.1) is 0 Å². The maximum absolute atomic E-state index is 11.4. The molecule has 4 heteroatoms. The van der Waals surface area contributed by atoms with E-state index in [4.69, 9.17) is 4.74 Å². The van der Waals surface area contributed by atoms with Gasteiger partial charge in [-0.05, 0) is 43.9 Å². The lowest BCUT2D eigenvalue weighted by Crippen LogP contribution is -2.54. The van der Waals surface area contributed by atoms with Gasteiger partial charge in [0, 0.05) is 6.04 Å². The van der Waals surface area contributed by atoms with Gasteiger partial charge in [-0.1, -0.05) is 25.5 Å². The van der Waals surface area contributed by atoms with Crippen LogP contribution < -0.4 is 10.1 Å². The van der Waals surface area contributed by atoms with Crippen molar-refractivity contribution in [2.75, 3.05) is 6.61 Å². The van der Waals surface area contributed by atoms with E-state index in [1.807, 2.05) is 24.3 Å². The predicted molar refractivity (Wildman–Crippen MR) is 78.1 cm³/mol. The summed E-state index contributed by atoms with van der Waals surface area (Å²) in [7, 11) is 0. The number of carbonyl (C=O) groups is 1. The van der Waals surface area contributed by atoms with Gasteiger partial charge < -0.3 is 9.84 Å². The first-order chi connectivity index (χ1) is 9.53. The zero-order valence-electron chi connectivity index (χ0n) is 12.2. The molecule has 0 saturated heterocycles. The van der Waals surface area contributed by atoms with Crippen molar-refractivity contribution in [2.24, 2.45) is 0 Å². The molecular weight excluding hydrogens is 254 g/mol. The molecule has 2 N–H and O–H groups in total. The molecule has 0 heterocycles. The van der Waals surface area contributed by atoms with Crippen molar-refractivity contribution < 1.29 is 14.6 Å². The summed E-state index contributed by atoms with van der Waals surface area (Å²) in [6, 6.07) is 8.21. The molecule has 1 unspecified atom stereocenters. The number of ether oxygens (including phenoxy) is 1. The lowest BCUT2D eigenvalue weighted by molar-refractivity contribution is -0.145. The fraction of sp³-hybridized carbons (Fsp3) is 0.562. The molecule has 0 spiro atoms. The fourth-order valence-corrected chi connectivity index (χ4v) is 2.11. The lowest BCUT2D eigenvalue weighted by atomic mass is 10.0. The molecule has 0 radical (unpaired) electrons. The van der Waals surface area contributed by atoms with Crippen LogP contribution >= 0.6 is 0 Å². The smallest absolute Gasteiger partial charge is 0.327 e. The number of hydrogen-bond acceptors (Lipinski definition) is 3.